The summed E-state index contributed by atoms with van der Waals surface area (Å²) < 4.78 is 1.80. The molecule has 0 aliphatic carbocycles. The van der Waals surface area contributed by atoms with Gasteiger partial charge < -0.3 is 5.11 Å². The van der Waals surface area contributed by atoms with Crippen LogP contribution >= 0.6 is 0 Å². The average molecular weight is 258 g/mol. The third-order valence-electron chi connectivity index (χ3n) is 3.56. The molecule has 0 saturated heterocycles. The highest BCUT2D eigenvalue weighted by atomic mass is 16.3. The Bertz CT molecular complexity index is 506. The van der Waals surface area contributed by atoms with Crippen LogP contribution in [0.3, 0.4) is 0 Å². The molecule has 0 spiro atoms. The second-order valence-corrected chi connectivity index (χ2v) is 5.17. The van der Waals surface area contributed by atoms with Crippen LogP contribution in [0.5, 0.6) is 0 Å². The predicted octanol–water partition coefficient (Wildman–Crippen LogP) is 3.04. The molecule has 1 heterocycles. The zero-order valence-electron chi connectivity index (χ0n) is 11.7. The molecule has 1 unspecified atom stereocenters. The van der Waals surface area contributed by atoms with Crippen LogP contribution in [0.2, 0.25) is 0 Å². The van der Waals surface area contributed by atoms with Crippen LogP contribution in [0.15, 0.2) is 42.7 Å². The maximum absolute atomic E-state index is 10.9. The Labute approximate surface area is 114 Å². The van der Waals surface area contributed by atoms with Crippen LogP contribution in [0.1, 0.15) is 37.3 Å². The number of aliphatic hydroxyl groups is 1. The van der Waals surface area contributed by atoms with Crippen molar-refractivity contribution in [3.63, 3.8) is 0 Å². The fourth-order valence-electron chi connectivity index (χ4n) is 2.53. The second-order valence-electron chi connectivity index (χ2n) is 5.17. The van der Waals surface area contributed by atoms with Crippen molar-refractivity contribution in [1.82, 2.24) is 9.78 Å². The summed E-state index contributed by atoms with van der Waals surface area (Å²) in [6.45, 7) is 2.11. The number of nitrogens with zero attached hydrogens (tertiary/aromatic N) is 2. The molecule has 0 aliphatic heterocycles. The van der Waals surface area contributed by atoms with Crippen molar-refractivity contribution < 1.29 is 5.11 Å². The third kappa shape index (κ3) is 3.44. The standard InChI is InChI=1S/C16H22N2O/c1-3-10-16(19,15-7-5-4-6-8-15)11-9-14-12-17-18(2)13-14/h4-8,12-13,19H,3,9-11H2,1-2H3. The number of rotatable bonds is 6. The molecule has 3 nitrogen and oxygen atoms in total. The fourth-order valence-corrected chi connectivity index (χ4v) is 2.53. The molecule has 102 valence electrons. The molecule has 0 saturated carbocycles. The molecule has 0 bridgehead atoms. The zero-order valence-corrected chi connectivity index (χ0v) is 11.7. The molecule has 2 rings (SSSR count). The predicted molar refractivity (Wildman–Crippen MR) is 76.8 cm³/mol. The molecule has 1 N–H and O–H groups in total. The number of hydrogen-bond donors (Lipinski definition) is 1. The van der Waals surface area contributed by atoms with Crippen molar-refractivity contribution >= 4 is 0 Å². The summed E-state index contributed by atoms with van der Waals surface area (Å²) in [5.41, 5.74) is 1.46. The summed E-state index contributed by atoms with van der Waals surface area (Å²) >= 11 is 0. The van der Waals surface area contributed by atoms with Gasteiger partial charge in [-0.25, -0.2) is 0 Å². The first-order chi connectivity index (χ1) is 9.14. The Morgan fingerprint density at radius 3 is 2.53 bits per heavy atom. The van der Waals surface area contributed by atoms with Crippen molar-refractivity contribution in [3.05, 3.63) is 53.9 Å². The molecule has 0 amide bonds. The van der Waals surface area contributed by atoms with Gasteiger partial charge in [0.1, 0.15) is 0 Å². The van der Waals surface area contributed by atoms with Crippen LogP contribution in [0.4, 0.5) is 0 Å². The molecule has 0 aliphatic rings. The van der Waals surface area contributed by atoms with Gasteiger partial charge in [-0.1, -0.05) is 43.7 Å². The van der Waals surface area contributed by atoms with E-state index in [1.54, 1.807) is 4.68 Å². The minimum Gasteiger partial charge on any atom is -0.385 e. The summed E-state index contributed by atoms with van der Waals surface area (Å²) in [6, 6.07) is 9.98. The quantitative estimate of drug-likeness (QED) is 0.865. The molecule has 0 fully saturated rings. The number of hydrogen-bond acceptors (Lipinski definition) is 2. The molecule has 3 heteroatoms. The summed E-state index contributed by atoms with van der Waals surface area (Å²) in [7, 11) is 1.92. The van der Waals surface area contributed by atoms with Crippen LogP contribution in [0.25, 0.3) is 0 Å². The summed E-state index contributed by atoms with van der Waals surface area (Å²) in [4.78, 5) is 0. The molecule has 1 aromatic heterocycles. The van der Waals surface area contributed by atoms with Crippen LogP contribution in [-0.4, -0.2) is 14.9 Å². The lowest BCUT2D eigenvalue weighted by molar-refractivity contribution is 0.0179. The largest absolute Gasteiger partial charge is 0.385 e. The Morgan fingerprint density at radius 1 is 1.21 bits per heavy atom. The number of aromatic nitrogens is 2. The van der Waals surface area contributed by atoms with Gasteiger partial charge in [-0.2, -0.15) is 5.10 Å². The fraction of sp³-hybridized carbons (Fsp3) is 0.438. The van der Waals surface area contributed by atoms with Gasteiger partial charge in [0.15, 0.2) is 0 Å². The first-order valence-electron chi connectivity index (χ1n) is 6.89. The zero-order chi connectivity index (χ0) is 13.7. The van der Waals surface area contributed by atoms with Crippen molar-refractivity contribution in [2.45, 2.75) is 38.2 Å². The lowest BCUT2D eigenvalue weighted by Crippen LogP contribution is -2.26. The maximum atomic E-state index is 10.9. The lowest BCUT2D eigenvalue weighted by atomic mass is 9.84. The van der Waals surface area contributed by atoms with Gasteiger partial charge in [-0.05, 0) is 30.4 Å². The Morgan fingerprint density at radius 2 is 1.95 bits per heavy atom. The van der Waals surface area contributed by atoms with Gasteiger partial charge in [0, 0.05) is 13.2 Å². The van der Waals surface area contributed by atoms with E-state index in [1.807, 2.05) is 49.8 Å². The van der Waals surface area contributed by atoms with E-state index in [4.69, 9.17) is 0 Å². The van der Waals surface area contributed by atoms with Gasteiger partial charge in [0.05, 0.1) is 11.8 Å². The molecular weight excluding hydrogens is 236 g/mol. The average Bonchev–Trinajstić information content (AvgIpc) is 2.84. The van der Waals surface area contributed by atoms with Crippen molar-refractivity contribution in [1.29, 1.82) is 0 Å². The minimum absolute atomic E-state index is 0.730. The van der Waals surface area contributed by atoms with Crippen molar-refractivity contribution in [2.24, 2.45) is 7.05 Å². The maximum Gasteiger partial charge on any atom is 0.0899 e. The van der Waals surface area contributed by atoms with E-state index in [9.17, 15) is 5.11 Å². The van der Waals surface area contributed by atoms with Crippen molar-refractivity contribution in [2.75, 3.05) is 0 Å². The van der Waals surface area contributed by atoms with E-state index in [0.717, 1.165) is 31.2 Å². The highest BCUT2D eigenvalue weighted by Crippen LogP contribution is 2.31. The van der Waals surface area contributed by atoms with E-state index < -0.39 is 5.60 Å². The van der Waals surface area contributed by atoms with Crippen LogP contribution < -0.4 is 0 Å². The molecular formula is C16H22N2O. The molecule has 19 heavy (non-hydrogen) atoms. The molecule has 1 aromatic carbocycles. The van der Waals surface area contributed by atoms with Gasteiger partial charge in [0.25, 0.3) is 0 Å². The van der Waals surface area contributed by atoms with Gasteiger partial charge in [-0.15, -0.1) is 0 Å². The van der Waals surface area contributed by atoms with Gasteiger partial charge in [-0.3, -0.25) is 4.68 Å². The van der Waals surface area contributed by atoms with E-state index in [2.05, 4.69) is 12.0 Å². The molecule has 1 atom stereocenters. The first-order valence-corrected chi connectivity index (χ1v) is 6.89. The van der Waals surface area contributed by atoms with E-state index in [-0.39, 0.29) is 0 Å². The van der Waals surface area contributed by atoms with Crippen LogP contribution in [0, 0.1) is 0 Å². The highest BCUT2D eigenvalue weighted by molar-refractivity contribution is 5.22. The van der Waals surface area contributed by atoms with Gasteiger partial charge in [0.2, 0.25) is 0 Å². The monoisotopic (exact) mass is 258 g/mol. The summed E-state index contributed by atoms with van der Waals surface area (Å²) in [5, 5.41) is 15.1. The topological polar surface area (TPSA) is 38.1 Å². The Balaban J connectivity index is 2.11. The SMILES string of the molecule is CCCC(O)(CCc1cnn(C)c1)c1ccccc1. The van der Waals surface area contributed by atoms with E-state index in [1.165, 1.54) is 5.56 Å². The number of benzene rings is 1. The normalized spacial score (nSPS) is 14.3. The molecule has 0 radical (unpaired) electrons. The van der Waals surface area contributed by atoms with Crippen LogP contribution in [-0.2, 0) is 19.1 Å². The van der Waals surface area contributed by atoms with Crippen molar-refractivity contribution in [3.8, 4) is 0 Å². The summed E-state index contributed by atoms with van der Waals surface area (Å²) in [6.07, 6.45) is 7.22. The Hall–Kier alpha value is -1.61. The minimum atomic E-state index is -0.730. The summed E-state index contributed by atoms with van der Waals surface area (Å²) in [5.74, 6) is 0. The highest BCUT2D eigenvalue weighted by Gasteiger charge is 2.27. The smallest absolute Gasteiger partial charge is 0.0899 e. The Kier molecular flexibility index (Phi) is 4.38. The third-order valence-corrected chi connectivity index (χ3v) is 3.56. The first kappa shape index (κ1) is 13.8. The lowest BCUT2D eigenvalue weighted by Gasteiger charge is -2.28. The number of aryl methyl sites for hydroxylation is 2. The van der Waals surface area contributed by atoms with E-state index >= 15 is 0 Å². The molecule has 2 aromatic rings. The second kappa shape index (κ2) is 6.02. The van der Waals surface area contributed by atoms with E-state index in [0.29, 0.717) is 0 Å². The van der Waals surface area contributed by atoms with Gasteiger partial charge >= 0.3 is 0 Å².